The van der Waals surface area contributed by atoms with Gasteiger partial charge < -0.3 is 5.11 Å². The van der Waals surface area contributed by atoms with Crippen LogP contribution in [0.4, 0.5) is 0 Å². The van der Waals surface area contributed by atoms with E-state index in [-0.39, 0.29) is 23.7 Å². The second-order valence-electron chi connectivity index (χ2n) is 5.66. The van der Waals surface area contributed by atoms with E-state index >= 15 is 0 Å². The van der Waals surface area contributed by atoms with Crippen LogP contribution in [-0.2, 0) is 9.84 Å². The summed E-state index contributed by atoms with van der Waals surface area (Å²) in [6.45, 7) is -0.158. The number of aliphatic hydroxyl groups excluding tert-OH is 1. The average molecular weight is 411 g/mol. The van der Waals surface area contributed by atoms with Crippen LogP contribution in [0.1, 0.15) is 6.42 Å². The predicted octanol–water partition coefficient (Wildman–Crippen LogP) is 4.00. The van der Waals surface area contributed by atoms with Crippen LogP contribution >= 0.6 is 23.2 Å². The zero-order valence-electron chi connectivity index (χ0n) is 13.6. The van der Waals surface area contributed by atoms with Gasteiger partial charge in [0.1, 0.15) is 0 Å². The molecule has 0 fully saturated rings. The molecule has 8 heteroatoms. The number of aliphatic hydroxyl groups is 1. The number of sulfone groups is 1. The fourth-order valence-electron chi connectivity index (χ4n) is 2.57. The molecule has 3 rings (SSSR count). The van der Waals surface area contributed by atoms with E-state index in [0.29, 0.717) is 10.2 Å². The smallest absolute Gasteiger partial charge is 0.178 e. The van der Waals surface area contributed by atoms with Crippen LogP contribution in [0.15, 0.2) is 59.5 Å². The van der Waals surface area contributed by atoms with Gasteiger partial charge in [0.25, 0.3) is 0 Å². The number of halogens is 2. The highest BCUT2D eigenvalue weighted by Crippen LogP contribution is 2.28. The number of hydrogen-bond donors (Lipinski definition) is 1. The summed E-state index contributed by atoms with van der Waals surface area (Å²) in [5.74, 6) is -0.0882. The lowest BCUT2D eigenvalue weighted by Crippen LogP contribution is -2.08. The van der Waals surface area contributed by atoms with Crippen LogP contribution in [0.2, 0.25) is 10.2 Å². The van der Waals surface area contributed by atoms with Gasteiger partial charge in [-0.2, -0.15) is 5.10 Å². The fourth-order valence-corrected chi connectivity index (χ4v) is 4.23. The third-order valence-electron chi connectivity index (χ3n) is 3.81. The van der Waals surface area contributed by atoms with E-state index in [1.165, 1.54) is 0 Å². The molecule has 136 valence electrons. The minimum Gasteiger partial charge on any atom is -0.396 e. The molecule has 0 saturated heterocycles. The molecule has 0 unspecified atom stereocenters. The summed E-state index contributed by atoms with van der Waals surface area (Å²) in [5.41, 5.74) is 2.24. The van der Waals surface area contributed by atoms with Gasteiger partial charge in [-0.05, 0) is 36.8 Å². The van der Waals surface area contributed by atoms with E-state index in [2.05, 4.69) is 5.10 Å². The maximum atomic E-state index is 12.2. The molecule has 0 spiro atoms. The third-order valence-corrected chi connectivity index (χ3v) is 6.05. The number of hydrogen-bond acceptors (Lipinski definition) is 4. The number of aromatic nitrogens is 2. The second-order valence-corrected chi connectivity index (χ2v) is 8.60. The monoisotopic (exact) mass is 410 g/mol. The van der Waals surface area contributed by atoms with Crippen LogP contribution in [0.3, 0.4) is 0 Å². The Balaban J connectivity index is 1.98. The van der Waals surface area contributed by atoms with Crippen molar-refractivity contribution in [3.8, 4) is 16.9 Å². The third kappa shape index (κ3) is 4.10. The molecule has 26 heavy (non-hydrogen) atoms. The first-order valence-corrected chi connectivity index (χ1v) is 10.3. The predicted molar refractivity (Wildman–Crippen MR) is 103 cm³/mol. The fraction of sp³-hybridized carbons (Fsp3) is 0.167. The summed E-state index contributed by atoms with van der Waals surface area (Å²) in [4.78, 5) is 0.217. The van der Waals surface area contributed by atoms with Gasteiger partial charge >= 0.3 is 0 Å². The van der Waals surface area contributed by atoms with Crippen LogP contribution < -0.4 is 0 Å². The van der Waals surface area contributed by atoms with Crippen molar-refractivity contribution in [2.75, 3.05) is 12.4 Å². The molecule has 0 aliphatic heterocycles. The topological polar surface area (TPSA) is 72.2 Å². The van der Waals surface area contributed by atoms with Gasteiger partial charge in [0.15, 0.2) is 15.0 Å². The normalized spacial score (nSPS) is 11.7. The van der Waals surface area contributed by atoms with Gasteiger partial charge in [0, 0.05) is 23.3 Å². The van der Waals surface area contributed by atoms with Gasteiger partial charge in [0.05, 0.1) is 22.0 Å². The van der Waals surface area contributed by atoms with Crippen molar-refractivity contribution < 1.29 is 13.5 Å². The maximum absolute atomic E-state index is 12.2. The molecule has 0 atom stereocenters. The summed E-state index contributed by atoms with van der Waals surface area (Å²) in [5, 5.41) is 14.0. The summed E-state index contributed by atoms with van der Waals surface area (Å²) in [7, 11) is -3.41. The Morgan fingerprint density at radius 3 is 2.42 bits per heavy atom. The summed E-state index contributed by atoms with van der Waals surface area (Å²) >= 11 is 12.1. The molecule has 1 aromatic heterocycles. The minimum absolute atomic E-state index is 0.0882. The molecule has 3 aromatic rings. The Morgan fingerprint density at radius 2 is 1.77 bits per heavy atom. The molecule has 0 saturated carbocycles. The van der Waals surface area contributed by atoms with Crippen LogP contribution in [0.25, 0.3) is 16.9 Å². The first kappa shape index (κ1) is 18.9. The van der Waals surface area contributed by atoms with E-state index < -0.39 is 9.84 Å². The highest BCUT2D eigenvalue weighted by molar-refractivity contribution is 7.91. The average Bonchev–Trinajstić information content (AvgIpc) is 3.02. The molecule has 0 radical (unpaired) electrons. The number of benzene rings is 2. The lowest BCUT2D eigenvalue weighted by molar-refractivity contribution is 0.295. The lowest BCUT2D eigenvalue weighted by Gasteiger charge is -2.09. The minimum atomic E-state index is -3.41. The van der Waals surface area contributed by atoms with Crippen molar-refractivity contribution >= 4 is 33.0 Å². The molecule has 0 aliphatic rings. The van der Waals surface area contributed by atoms with Gasteiger partial charge in [0.2, 0.25) is 0 Å². The number of rotatable bonds is 6. The molecule has 0 aliphatic carbocycles. The molecule has 0 bridgehead atoms. The van der Waals surface area contributed by atoms with E-state index in [9.17, 15) is 8.42 Å². The molecule has 5 nitrogen and oxygen atoms in total. The summed E-state index contributed by atoms with van der Waals surface area (Å²) in [6, 6.07) is 15.4. The van der Waals surface area contributed by atoms with Crippen LogP contribution in [0, 0.1) is 0 Å². The maximum Gasteiger partial charge on any atom is 0.178 e. The summed E-state index contributed by atoms with van der Waals surface area (Å²) in [6.07, 6.45) is 0.210. The van der Waals surface area contributed by atoms with E-state index in [4.69, 9.17) is 28.3 Å². The highest BCUT2D eigenvalue weighted by Gasteiger charge is 2.16. The highest BCUT2D eigenvalue weighted by atomic mass is 35.5. The zero-order chi connectivity index (χ0) is 18.7. The van der Waals surface area contributed by atoms with Gasteiger partial charge in [-0.25, -0.2) is 13.1 Å². The quantitative estimate of drug-likeness (QED) is 0.666. The van der Waals surface area contributed by atoms with Crippen molar-refractivity contribution in [1.82, 2.24) is 9.78 Å². The van der Waals surface area contributed by atoms with E-state index in [1.807, 2.05) is 12.1 Å². The van der Waals surface area contributed by atoms with Gasteiger partial charge in [-0.1, -0.05) is 41.4 Å². The molecule has 1 heterocycles. The molecule has 2 aromatic carbocycles. The Kier molecular flexibility index (Phi) is 5.67. The van der Waals surface area contributed by atoms with Gasteiger partial charge in [-0.3, -0.25) is 0 Å². The molecule has 0 amide bonds. The molecular weight excluding hydrogens is 395 g/mol. The zero-order valence-corrected chi connectivity index (χ0v) is 16.0. The van der Waals surface area contributed by atoms with E-state index in [0.717, 1.165) is 16.9 Å². The van der Waals surface area contributed by atoms with Crippen LogP contribution in [0.5, 0.6) is 0 Å². The van der Waals surface area contributed by atoms with Crippen molar-refractivity contribution in [3.05, 3.63) is 64.8 Å². The van der Waals surface area contributed by atoms with Crippen molar-refractivity contribution in [2.45, 2.75) is 11.3 Å². The Morgan fingerprint density at radius 1 is 1.04 bits per heavy atom. The lowest BCUT2D eigenvalue weighted by atomic mass is 10.1. The van der Waals surface area contributed by atoms with Crippen LogP contribution in [-0.4, -0.2) is 35.7 Å². The van der Waals surface area contributed by atoms with Crippen molar-refractivity contribution in [1.29, 1.82) is 0 Å². The Bertz CT molecular complexity index is 1020. The first-order valence-electron chi connectivity index (χ1n) is 7.86. The standard InChI is InChI=1S/C18H16Cl2N2O3S/c19-14-3-1-4-15(11-14)22-17(12-18(20)21-22)13-5-7-16(8-6-13)26(24,25)10-2-9-23/h1,3-8,11-12,23H,2,9-10H2. The number of nitrogens with zero attached hydrogens (tertiary/aromatic N) is 2. The first-order chi connectivity index (χ1) is 12.4. The Hall–Kier alpha value is -1.86. The summed E-state index contributed by atoms with van der Waals surface area (Å²) < 4.78 is 26.1. The molecule has 1 N–H and O–H groups in total. The van der Waals surface area contributed by atoms with E-state index in [1.54, 1.807) is 47.1 Å². The Labute approximate surface area is 161 Å². The SMILES string of the molecule is O=S(=O)(CCCO)c1ccc(-c2cc(Cl)nn2-c2cccc(Cl)c2)cc1. The van der Waals surface area contributed by atoms with Gasteiger partial charge in [-0.15, -0.1) is 0 Å². The van der Waals surface area contributed by atoms with Crippen molar-refractivity contribution in [3.63, 3.8) is 0 Å². The van der Waals surface area contributed by atoms with Crippen molar-refractivity contribution in [2.24, 2.45) is 0 Å². The second kappa shape index (κ2) is 7.80. The largest absolute Gasteiger partial charge is 0.396 e. The molecular formula is C18H16Cl2N2O3S.